The zero-order valence-corrected chi connectivity index (χ0v) is 5.60. The number of hydrogen-bond acceptors (Lipinski definition) is 2. The molecule has 0 rings (SSSR count). The lowest BCUT2D eigenvalue weighted by Gasteiger charge is -2.24. The highest BCUT2D eigenvalue weighted by atomic mass is 16.7. The molecule has 0 aliphatic heterocycles. The number of ether oxygens (including phenoxy) is 2. The molecule has 0 heterocycles. The van der Waals surface area contributed by atoms with Gasteiger partial charge in [-0.2, -0.15) is 0 Å². The van der Waals surface area contributed by atoms with Gasteiger partial charge in [0, 0.05) is 14.2 Å². The Bertz CT molecular complexity index is 53.2. The largest absolute Gasteiger partial charge is 0.363 e. The number of hydrogen-bond donors (Lipinski definition) is 0. The maximum atomic E-state index is 5.45. The molecule has 2 nitrogen and oxygen atoms in total. The molecule has 0 unspecified atom stereocenters. The number of rotatable bonds is 3. The first-order valence-corrected chi connectivity index (χ1v) is 2.57. The Labute approximate surface area is 51.6 Å². The van der Waals surface area contributed by atoms with Crippen LogP contribution in [0, 0.1) is 0 Å². The zero-order valence-electron chi connectivity index (χ0n) is 5.60. The predicted molar refractivity (Wildman–Crippen MR) is 32.8 cm³/mol. The fourth-order valence-electron chi connectivity index (χ4n) is 0.372. The third kappa shape index (κ3) is 1.84. The zero-order chi connectivity index (χ0) is 6.62. The van der Waals surface area contributed by atoms with E-state index >= 15 is 0 Å². The van der Waals surface area contributed by atoms with Crippen molar-refractivity contribution in [3.8, 4) is 0 Å². The maximum Gasteiger partial charge on any atom is 0.154 e. The quantitative estimate of drug-likeness (QED) is 0.393. The summed E-state index contributed by atoms with van der Waals surface area (Å²) in [7, 11) is 8.49. The summed E-state index contributed by atoms with van der Waals surface area (Å²) in [6.07, 6.45) is 0.653. The van der Waals surface area contributed by atoms with Gasteiger partial charge in [-0.25, -0.2) is 0 Å². The molecule has 0 fully saturated rings. The highest BCUT2D eigenvalue weighted by molar-refractivity contribution is 6.13. The van der Waals surface area contributed by atoms with E-state index in [0.29, 0.717) is 6.42 Å². The molecule has 0 amide bonds. The van der Waals surface area contributed by atoms with Gasteiger partial charge in [-0.3, -0.25) is 0 Å². The minimum atomic E-state index is -0.875. The van der Waals surface area contributed by atoms with E-state index in [9.17, 15) is 0 Å². The average Bonchev–Trinajstić information content (AvgIpc) is 1.87. The molecule has 0 aromatic heterocycles. The Balaban J connectivity index is 3.58. The van der Waals surface area contributed by atoms with Gasteiger partial charge in [-0.15, -0.1) is 0 Å². The summed E-state index contributed by atoms with van der Waals surface area (Å²) >= 11 is 0. The smallest absolute Gasteiger partial charge is 0.154 e. The second kappa shape index (κ2) is 3.10. The van der Waals surface area contributed by atoms with E-state index in [0.717, 1.165) is 0 Å². The highest BCUT2D eigenvalue weighted by Gasteiger charge is 2.17. The van der Waals surface area contributed by atoms with E-state index in [-0.39, 0.29) is 0 Å². The van der Waals surface area contributed by atoms with Crippen LogP contribution in [0.2, 0.25) is 0 Å². The van der Waals surface area contributed by atoms with Crippen molar-refractivity contribution in [2.24, 2.45) is 0 Å². The molecule has 3 heteroatoms. The summed E-state index contributed by atoms with van der Waals surface area (Å²) in [6, 6.07) is 0. The van der Waals surface area contributed by atoms with Gasteiger partial charge >= 0.3 is 0 Å². The SMILES string of the molecule is [B]C(CC)(OC)OC. The van der Waals surface area contributed by atoms with Crippen molar-refractivity contribution in [2.45, 2.75) is 19.0 Å². The highest BCUT2D eigenvalue weighted by Crippen LogP contribution is 2.08. The maximum absolute atomic E-state index is 5.45. The van der Waals surface area contributed by atoms with Gasteiger partial charge in [0.1, 0.15) is 5.69 Å². The van der Waals surface area contributed by atoms with Gasteiger partial charge < -0.3 is 9.47 Å². The van der Waals surface area contributed by atoms with E-state index in [1.165, 1.54) is 14.2 Å². The Kier molecular flexibility index (Phi) is 3.09. The summed E-state index contributed by atoms with van der Waals surface area (Å²) in [6.45, 7) is 1.90. The molecule has 0 aromatic rings. The van der Waals surface area contributed by atoms with Gasteiger partial charge in [-0.05, 0) is 6.42 Å². The summed E-state index contributed by atoms with van der Waals surface area (Å²) in [5.74, 6) is 0. The number of methoxy groups -OCH3 is 2. The molecule has 46 valence electrons. The Morgan fingerprint density at radius 3 is 1.75 bits per heavy atom. The normalized spacial score (nSPS) is 11.9. The van der Waals surface area contributed by atoms with Crippen molar-refractivity contribution >= 4 is 7.85 Å². The molecule has 0 N–H and O–H groups in total. The molecule has 0 saturated heterocycles. The van der Waals surface area contributed by atoms with Crippen molar-refractivity contribution < 1.29 is 9.47 Å². The third-order valence-corrected chi connectivity index (χ3v) is 1.18. The van der Waals surface area contributed by atoms with Gasteiger partial charge in [0.05, 0.1) is 0 Å². The molecule has 2 radical (unpaired) electrons. The average molecular weight is 114 g/mol. The lowest BCUT2D eigenvalue weighted by molar-refractivity contribution is -0.142. The van der Waals surface area contributed by atoms with Crippen LogP contribution >= 0.6 is 0 Å². The van der Waals surface area contributed by atoms with E-state index in [4.69, 9.17) is 17.3 Å². The van der Waals surface area contributed by atoms with Crippen LogP contribution < -0.4 is 0 Å². The first-order chi connectivity index (χ1) is 3.68. The van der Waals surface area contributed by atoms with Crippen LogP contribution in [-0.2, 0) is 9.47 Å². The standard InChI is InChI=1S/C5H11BO2/c1-4-5(6,7-2)8-3/h4H2,1-3H3. The topological polar surface area (TPSA) is 18.5 Å². The van der Waals surface area contributed by atoms with Crippen molar-refractivity contribution in [3.63, 3.8) is 0 Å². The fourth-order valence-corrected chi connectivity index (χ4v) is 0.372. The van der Waals surface area contributed by atoms with Crippen molar-refractivity contribution in [1.29, 1.82) is 0 Å². The monoisotopic (exact) mass is 114 g/mol. The molecular weight excluding hydrogens is 103 g/mol. The van der Waals surface area contributed by atoms with Crippen LogP contribution in [0.4, 0.5) is 0 Å². The van der Waals surface area contributed by atoms with Crippen LogP contribution in [0.25, 0.3) is 0 Å². The van der Waals surface area contributed by atoms with Gasteiger partial charge in [0.15, 0.2) is 7.85 Å². The molecule has 0 spiro atoms. The summed E-state index contributed by atoms with van der Waals surface area (Å²) in [5.41, 5.74) is -0.875. The molecule has 0 bridgehead atoms. The molecule has 0 atom stereocenters. The van der Waals surface area contributed by atoms with Gasteiger partial charge in [0.2, 0.25) is 0 Å². The first kappa shape index (κ1) is 7.98. The second-order valence-electron chi connectivity index (χ2n) is 1.57. The molecule has 0 aliphatic rings. The summed E-state index contributed by atoms with van der Waals surface area (Å²) in [5, 5.41) is 0. The molecule has 0 saturated carbocycles. The molecule has 0 aliphatic carbocycles. The minimum absolute atomic E-state index is 0.653. The summed E-state index contributed by atoms with van der Waals surface area (Å²) in [4.78, 5) is 0. The van der Waals surface area contributed by atoms with Crippen LogP contribution in [0.1, 0.15) is 13.3 Å². The molecular formula is C5H11BO2. The third-order valence-electron chi connectivity index (χ3n) is 1.18. The first-order valence-electron chi connectivity index (χ1n) is 2.57. The van der Waals surface area contributed by atoms with Gasteiger partial charge in [0.25, 0.3) is 0 Å². The van der Waals surface area contributed by atoms with E-state index in [2.05, 4.69) is 0 Å². The molecule has 8 heavy (non-hydrogen) atoms. The van der Waals surface area contributed by atoms with E-state index < -0.39 is 5.69 Å². The van der Waals surface area contributed by atoms with Crippen LogP contribution in [0.5, 0.6) is 0 Å². The fraction of sp³-hybridized carbons (Fsp3) is 1.00. The van der Waals surface area contributed by atoms with Crippen molar-refractivity contribution in [3.05, 3.63) is 0 Å². The van der Waals surface area contributed by atoms with E-state index in [1.807, 2.05) is 6.92 Å². The second-order valence-corrected chi connectivity index (χ2v) is 1.57. The Morgan fingerprint density at radius 2 is 1.75 bits per heavy atom. The Morgan fingerprint density at radius 1 is 1.38 bits per heavy atom. The van der Waals surface area contributed by atoms with Crippen LogP contribution in [-0.4, -0.2) is 27.8 Å². The van der Waals surface area contributed by atoms with Crippen LogP contribution in [0.3, 0.4) is 0 Å². The van der Waals surface area contributed by atoms with Gasteiger partial charge in [-0.1, -0.05) is 6.92 Å². The predicted octanol–water partition coefficient (Wildman–Crippen LogP) is 0.511. The lowest BCUT2D eigenvalue weighted by Crippen LogP contribution is -2.32. The van der Waals surface area contributed by atoms with E-state index in [1.54, 1.807) is 0 Å². The minimum Gasteiger partial charge on any atom is -0.363 e. The van der Waals surface area contributed by atoms with Crippen molar-refractivity contribution in [1.82, 2.24) is 0 Å². The van der Waals surface area contributed by atoms with Crippen LogP contribution in [0.15, 0.2) is 0 Å². The molecule has 0 aromatic carbocycles. The Hall–Kier alpha value is -0.0151. The lowest BCUT2D eigenvalue weighted by atomic mass is 9.92. The summed E-state index contributed by atoms with van der Waals surface area (Å²) < 4.78 is 9.58. The van der Waals surface area contributed by atoms with Crippen molar-refractivity contribution in [2.75, 3.05) is 14.2 Å².